The van der Waals surface area contributed by atoms with Crippen LogP contribution >= 0.6 is 0 Å². The molecule has 0 aliphatic carbocycles. The maximum atomic E-state index is 12.1. The first-order valence-electron chi connectivity index (χ1n) is 9.62. The summed E-state index contributed by atoms with van der Waals surface area (Å²) in [6.45, 7) is 5.94. The predicted octanol–water partition coefficient (Wildman–Crippen LogP) is 3.04. The van der Waals surface area contributed by atoms with E-state index in [2.05, 4.69) is 21.3 Å². The molecule has 0 heterocycles. The summed E-state index contributed by atoms with van der Waals surface area (Å²) in [7, 11) is 0. The van der Waals surface area contributed by atoms with Crippen LogP contribution in [0.1, 0.15) is 43.1 Å². The molecule has 0 aliphatic rings. The van der Waals surface area contributed by atoms with Crippen LogP contribution in [0.25, 0.3) is 0 Å². The summed E-state index contributed by atoms with van der Waals surface area (Å²) in [5, 5.41) is 11.2. The predicted molar refractivity (Wildman–Crippen MR) is 114 cm³/mol. The molecule has 0 radical (unpaired) electrons. The van der Waals surface area contributed by atoms with E-state index in [-0.39, 0.29) is 36.3 Å². The van der Waals surface area contributed by atoms with Gasteiger partial charge >= 0.3 is 6.03 Å². The van der Waals surface area contributed by atoms with Gasteiger partial charge in [-0.05, 0) is 50.6 Å². The van der Waals surface area contributed by atoms with Gasteiger partial charge in [-0.3, -0.25) is 9.59 Å². The van der Waals surface area contributed by atoms with Crippen LogP contribution in [0.5, 0.6) is 0 Å². The Kier molecular flexibility index (Phi) is 8.21. The Labute approximate surface area is 171 Å². The number of hydrogen-bond acceptors (Lipinski definition) is 3. The zero-order valence-corrected chi connectivity index (χ0v) is 17.0. The number of amides is 4. The molecule has 154 valence electrons. The summed E-state index contributed by atoms with van der Waals surface area (Å²) in [5.41, 5.74) is 2.15. The Balaban J connectivity index is 1.74. The van der Waals surface area contributed by atoms with Gasteiger partial charge in [-0.2, -0.15) is 0 Å². The molecule has 4 N–H and O–H groups in total. The van der Waals surface area contributed by atoms with E-state index in [1.165, 1.54) is 0 Å². The molecule has 7 nitrogen and oxygen atoms in total. The molecule has 0 aliphatic heterocycles. The minimum atomic E-state index is -0.284. The van der Waals surface area contributed by atoms with Crippen LogP contribution < -0.4 is 21.3 Å². The van der Waals surface area contributed by atoms with Crippen molar-refractivity contribution in [2.75, 3.05) is 5.32 Å². The maximum absolute atomic E-state index is 12.1. The fraction of sp³-hybridized carbons (Fsp3) is 0.318. The normalized spacial score (nSPS) is 11.4. The van der Waals surface area contributed by atoms with Crippen molar-refractivity contribution < 1.29 is 14.4 Å². The zero-order valence-electron chi connectivity index (χ0n) is 17.0. The van der Waals surface area contributed by atoms with Crippen molar-refractivity contribution in [2.24, 2.45) is 0 Å². The summed E-state index contributed by atoms with van der Waals surface area (Å²) < 4.78 is 0. The van der Waals surface area contributed by atoms with Crippen molar-refractivity contribution >= 4 is 23.5 Å². The third-order valence-corrected chi connectivity index (χ3v) is 4.03. The third kappa shape index (κ3) is 8.04. The van der Waals surface area contributed by atoms with Crippen molar-refractivity contribution in [1.82, 2.24) is 16.0 Å². The van der Waals surface area contributed by atoms with Gasteiger partial charge in [-0.15, -0.1) is 0 Å². The average Bonchev–Trinajstić information content (AvgIpc) is 2.67. The van der Waals surface area contributed by atoms with E-state index in [1.807, 2.05) is 32.0 Å². The van der Waals surface area contributed by atoms with Crippen molar-refractivity contribution in [1.29, 1.82) is 0 Å². The zero-order chi connectivity index (χ0) is 21.2. The van der Waals surface area contributed by atoms with Crippen LogP contribution in [0.3, 0.4) is 0 Å². The Morgan fingerprint density at radius 1 is 0.862 bits per heavy atom. The monoisotopic (exact) mass is 396 g/mol. The SMILES string of the molecule is CC(C)NC(=O)Nc1ccc(CNC(=O)CC(C)NC(=O)c2ccccc2)cc1. The van der Waals surface area contributed by atoms with Gasteiger partial charge in [0.2, 0.25) is 5.91 Å². The van der Waals surface area contributed by atoms with Crippen molar-refractivity contribution in [3.05, 3.63) is 65.7 Å². The Hall–Kier alpha value is -3.35. The lowest BCUT2D eigenvalue weighted by molar-refractivity contribution is -0.121. The number of hydrogen-bond donors (Lipinski definition) is 4. The molecule has 0 saturated heterocycles. The van der Waals surface area contributed by atoms with E-state index in [9.17, 15) is 14.4 Å². The first-order chi connectivity index (χ1) is 13.8. The summed E-state index contributed by atoms with van der Waals surface area (Å²) in [6, 6.07) is 15.7. The molecule has 2 aromatic rings. The van der Waals surface area contributed by atoms with E-state index in [1.54, 1.807) is 43.3 Å². The van der Waals surface area contributed by atoms with E-state index >= 15 is 0 Å². The van der Waals surface area contributed by atoms with Crippen LogP contribution in [0.15, 0.2) is 54.6 Å². The molecule has 0 spiro atoms. The number of rotatable bonds is 8. The summed E-state index contributed by atoms with van der Waals surface area (Å²) in [4.78, 5) is 35.9. The average molecular weight is 396 g/mol. The summed E-state index contributed by atoms with van der Waals surface area (Å²) in [6.07, 6.45) is 0.188. The highest BCUT2D eigenvalue weighted by molar-refractivity contribution is 5.94. The third-order valence-electron chi connectivity index (χ3n) is 4.03. The molecule has 4 amide bonds. The lowest BCUT2D eigenvalue weighted by Crippen LogP contribution is -2.37. The highest BCUT2D eigenvalue weighted by Crippen LogP contribution is 2.09. The van der Waals surface area contributed by atoms with Gasteiger partial charge in [0.05, 0.1) is 0 Å². The molecule has 7 heteroatoms. The molecule has 1 atom stereocenters. The van der Waals surface area contributed by atoms with E-state index in [0.29, 0.717) is 17.8 Å². The molecular formula is C22H28N4O3. The van der Waals surface area contributed by atoms with Gasteiger partial charge in [0.15, 0.2) is 0 Å². The van der Waals surface area contributed by atoms with E-state index < -0.39 is 0 Å². The molecule has 0 fully saturated rings. The Bertz CT molecular complexity index is 820. The molecular weight excluding hydrogens is 368 g/mol. The molecule has 0 bridgehead atoms. The fourth-order valence-corrected chi connectivity index (χ4v) is 2.63. The molecule has 29 heavy (non-hydrogen) atoms. The van der Waals surface area contributed by atoms with Gasteiger partial charge in [0.25, 0.3) is 5.91 Å². The number of anilines is 1. The van der Waals surface area contributed by atoms with Crippen molar-refractivity contribution in [3.63, 3.8) is 0 Å². The number of urea groups is 1. The molecule has 2 aromatic carbocycles. The van der Waals surface area contributed by atoms with Gasteiger partial charge in [0.1, 0.15) is 0 Å². The molecule has 2 rings (SSSR count). The first kappa shape index (κ1) is 21.9. The van der Waals surface area contributed by atoms with Gasteiger partial charge in [-0.1, -0.05) is 30.3 Å². The summed E-state index contributed by atoms with van der Waals surface area (Å²) in [5.74, 6) is -0.347. The van der Waals surface area contributed by atoms with Gasteiger partial charge in [0, 0.05) is 36.3 Å². The highest BCUT2D eigenvalue weighted by Gasteiger charge is 2.13. The van der Waals surface area contributed by atoms with Crippen LogP contribution in [0, 0.1) is 0 Å². The minimum absolute atomic E-state index is 0.0596. The smallest absolute Gasteiger partial charge is 0.319 e. The van der Waals surface area contributed by atoms with Crippen molar-refractivity contribution in [3.8, 4) is 0 Å². The number of carbonyl (C=O) groups is 3. The largest absolute Gasteiger partial charge is 0.352 e. The molecule has 0 saturated carbocycles. The minimum Gasteiger partial charge on any atom is -0.352 e. The van der Waals surface area contributed by atoms with Crippen molar-refractivity contribution in [2.45, 2.75) is 45.8 Å². The number of benzene rings is 2. The van der Waals surface area contributed by atoms with Crippen LogP contribution in [0.2, 0.25) is 0 Å². The van der Waals surface area contributed by atoms with Crippen LogP contribution in [-0.2, 0) is 11.3 Å². The highest BCUT2D eigenvalue weighted by atomic mass is 16.2. The van der Waals surface area contributed by atoms with E-state index in [4.69, 9.17) is 0 Å². The lowest BCUT2D eigenvalue weighted by Gasteiger charge is -2.14. The summed E-state index contributed by atoms with van der Waals surface area (Å²) >= 11 is 0. The second-order valence-corrected chi connectivity index (χ2v) is 7.17. The maximum Gasteiger partial charge on any atom is 0.319 e. The standard InChI is InChI=1S/C22H28N4O3/c1-15(2)24-22(29)26-19-11-9-17(10-12-19)14-23-20(27)13-16(3)25-21(28)18-7-5-4-6-8-18/h4-12,15-16H,13-14H2,1-3H3,(H,23,27)(H,25,28)(H2,24,26,29). The van der Waals surface area contributed by atoms with Gasteiger partial charge in [-0.25, -0.2) is 4.79 Å². The van der Waals surface area contributed by atoms with Crippen LogP contribution in [-0.4, -0.2) is 29.9 Å². The second-order valence-electron chi connectivity index (χ2n) is 7.17. The number of carbonyl (C=O) groups excluding carboxylic acids is 3. The quantitative estimate of drug-likeness (QED) is 0.552. The molecule has 1 unspecified atom stereocenters. The van der Waals surface area contributed by atoms with Crippen LogP contribution in [0.4, 0.5) is 10.5 Å². The molecule has 0 aromatic heterocycles. The number of nitrogens with one attached hydrogen (secondary N) is 4. The van der Waals surface area contributed by atoms with E-state index in [0.717, 1.165) is 5.56 Å². The Morgan fingerprint density at radius 3 is 2.14 bits per heavy atom. The topological polar surface area (TPSA) is 99.3 Å². The van der Waals surface area contributed by atoms with Gasteiger partial charge < -0.3 is 21.3 Å². The Morgan fingerprint density at radius 2 is 1.52 bits per heavy atom. The lowest BCUT2D eigenvalue weighted by atomic mass is 10.1. The second kappa shape index (κ2) is 10.8. The fourth-order valence-electron chi connectivity index (χ4n) is 2.63. The first-order valence-corrected chi connectivity index (χ1v) is 9.62.